The lowest BCUT2D eigenvalue weighted by Gasteiger charge is -2.13. The third kappa shape index (κ3) is 1.62. The molecule has 0 aromatic heterocycles. The molecule has 0 aliphatic carbocycles. The Labute approximate surface area is 86.1 Å². The van der Waals surface area contributed by atoms with Gasteiger partial charge in [-0.25, -0.2) is 8.78 Å². The van der Waals surface area contributed by atoms with Gasteiger partial charge in [0.25, 0.3) is 0 Å². The van der Waals surface area contributed by atoms with Gasteiger partial charge in [-0.05, 0) is 31.5 Å². The molecule has 14 heavy (non-hydrogen) atoms. The van der Waals surface area contributed by atoms with Gasteiger partial charge in [-0.2, -0.15) is 0 Å². The van der Waals surface area contributed by atoms with Gasteiger partial charge in [0.2, 0.25) is 0 Å². The van der Waals surface area contributed by atoms with E-state index in [0.29, 0.717) is 5.02 Å². The molecule has 1 heterocycles. The normalized spacial score (nSPS) is 21.5. The molecule has 0 radical (unpaired) electrons. The minimum atomic E-state index is -0.835. The van der Waals surface area contributed by atoms with E-state index in [1.807, 2.05) is 0 Å². The lowest BCUT2D eigenvalue weighted by molar-refractivity contribution is 0.481. The minimum absolute atomic E-state index is 0.141. The van der Waals surface area contributed by atoms with Crippen LogP contribution in [0.4, 0.5) is 8.78 Å². The average Bonchev–Trinajstić information content (AvgIpc) is 2.65. The number of rotatable bonds is 1. The number of hydrogen-bond acceptors (Lipinski definition) is 1. The Balaban J connectivity index is 2.44. The first-order chi connectivity index (χ1) is 6.70. The Hall–Kier alpha value is -0.670. The lowest BCUT2D eigenvalue weighted by atomic mass is 10.0. The molecule has 0 saturated carbocycles. The molecule has 1 fully saturated rings. The highest BCUT2D eigenvalue weighted by Crippen LogP contribution is 2.32. The Morgan fingerprint density at radius 2 is 2.14 bits per heavy atom. The van der Waals surface area contributed by atoms with E-state index in [1.165, 1.54) is 6.07 Å². The van der Waals surface area contributed by atoms with E-state index in [2.05, 4.69) is 5.32 Å². The molecule has 0 bridgehead atoms. The summed E-state index contributed by atoms with van der Waals surface area (Å²) in [6.45, 7) is 0.830. The first-order valence-electron chi connectivity index (χ1n) is 4.57. The molecular weight excluding hydrogens is 208 g/mol. The van der Waals surface area contributed by atoms with Crippen LogP contribution >= 0.6 is 11.6 Å². The van der Waals surface area contributed by atoms with Gasteiger partial charge in [0.15, 0.2) is 11.6 Å². The van der Waals surface area contributed by atoms with Crippen LogP contribution in [0.1, 0.15) is 24.4 Å². The molecule has 4 heteroatoms. The van der Waals surface area contributed by atoms with Crippen LogP contribution in [-0.2, 0) is 0 Å². The van der Waals surface area contributed by atoms with Crippen molar-refractivity contribution in [2.75, 3.05) is 6.54 Å². The lowest BCUT2D eigenvalue weighted by Crippen LogP contribution is -2.15. The van der Waals surface area contributed by atoms with Crippen LogP contribution in [0.2, 0.25) is 5.02 Å². The molecule has 76 valence electrons. The zero-order chi connectivity index (χ0) is 10.1. The summed E-state index contributed by atoms with van der Waals surface area (Å²) in [5.41, 5.74) is 0.268. The third-order valence-corrected chi connectivity index (χ3v) is 2.82. The number of nitrogens with one attached hydrogen (secondary N) is 1. The summed E-state index contributed by atoms with van der Waals surface area (Å²) >= 11 is 5.83. The zero-order valence-corrected chi connectivity index (χ0v) is 8.24. The van der Waals surface area contributed by atoms with Crippen molar-refractivity contribution in [1.29, 1.82) is 0 Å². The highest BCUT2D eigenvalue weighted by atomic mass is 35.5. The molecular formula is C10H10ClF2N. The molecule has 1 aromatic rings. The predicted octanol–water partition coefficient (Wildman–Crippen LogP) is 3.04. The summed E-state index contributed by atoms with van der Waals surface area (Å²) in [5, 5.41) is 3.39. The van der Waals surface area contributed by atoms with Crippen LogP contribution in [0.15, 0.2) is 12.1 Å². The quantitative estimate of drug-likeness (QED) is 0.713. The topological polar surface area (TPSA) is 12.0 Å². The van der Waals surface area contributed by atoms with E-state index >= 15 is 0 Å². The van der Waals surface area contributed by atoms with Gasteiger partial charge >= 0.3 is 0 Å². The van der Waals surface area contributed by atoms with Crippen molar-refractivity contribution in [2.24, 2.45) is 0 Å². The summed E-state index contributed by atoms with van der Waals surface area (Å²) in [4.78, 5) is 0. The van der Waals surface area contributed by atoms with Crippen molar-refractivity contribution in [3.05, 3.63) is 34.4 Å². The molecule has 0 spiro atoms. The first kappa shape index (κ1) is 9.87. The van der Waals surface area contributed by atoms with Crippen molar-refractivity contribution < 1.29 is 8.78 Å². The maximum absolute atomic E-state index is 13.4. The van der Waals surface area contributed by atoms with Crippen molar-refractivity contribution in [3.8, 4) is 0 Å². The Morgan fingerprint density at radius 3 is 2.79 bits per heavy atom. The van der Waals surface area contributed by atoms with E-state index in [9.17, 15) is 8.78 Å². The van der Waals surface area contributed by atoms with Crippen LogP contribution in [0.25, 0.3) is 0 Å². The second kappa shape index (κ2) is 3.83. The average molecular weight is 218 g/mol. The highest BCUT2D eigenvalue weighted by molar-refractivity contribution is 6.31. The molecule has 0 amide bonds. The van der Waals surface area contributed by atoms with Crippen LogP contribution in [-0.4, -0.2) is 6.54 Å². The Morgan fingerprint density at radius 1 is 1.36 bits per heavy atom. The highest BCUT2D eigenvalue weighted by Gasteiger charge is 2.24. The summed E-state index contributed by atoms with van der Waals surface area (Å²) in [7, 11) is 0. The third-order valence-electron chi connectivity index (χ3n) is 2.49. The smallest absolute Gasteiger partial charge is 0.165 e. The van der Waals surface area contributed by atoms with Gasteiger partial charge in [-0.1, -0.05) is 11.6 Å². The SMILES string of the molecule is Fc1ccc(Cl)c(C2CCCN2)c1F. The van der Waals surface area contributed by atoms with E-state index in [1.54, 1.807) is 0 Å². The van der Waals surface area contributed by atoms with Gasteiger partial charge in [0.05, 0.1) is 0 Å². The van der Waals surface area contributed by atoms with Gasteiger partial charge in [-0.15, -0.1) is 0 Å². The summed E-state index contributed by atoms with van der Waals surface area (Å²) in [6.07, 6.45) is 1.77. The predicted molar refractivity (Wildman–Crippen MR) is 51.3 cm³/mol. The fraction of sp³-hybridized carbons (Fsp3) is 0.400. The largest absolute Gasteiger partial charge is 0.310 e. The molecule has 1 atom stereocenters. The Bertz CT molecular complexity index is 348. The zero-order valence-electron chi connectivity index (χ0n) is 7.49. The van der Waals surface area contributed by atoms with E-state index < -0.39 is 11.6 Å². The molecule has 1 aromatic carbocycles. The monoisotopic (exact) mass is 217 g/mol. The van der Waals surface area contributed by atoms with E-state index in [4.69, 9.17) is 11.6 Å². The Kier molecular flexibility index (Phi) is 2.70. The first-order valence-corrected chi connectivity index (χ1v) is 4.94. The standard InChI is InChI=1S/C10H10ClF2N/c11-6-3-4-7(12)10(13)9(6)8-2-1-5-14-8/h3-4,8,14H,1-2,5H2. The molecule has 2 rings (SSSR count). The molecule has 1 aliphatic rings. The summed E-state index contributed by atoms with van der Waals surface area (Å²) in [5.74, 6) is -1.66. The van der Waals surface area contributed by atoms with Crippen molar-refractivity contribution in [1.82, 2.24) is 5.32 Å². The van der Waals surface area contributed by atoms with Crippen LogP contribution in [0.5, 0.6) is 0 Å². The summed E-state index contributed by atoms with van der Waals surface area (Å²) in [6, 6.07) is 2.31. The van der Waals surface area contributed by atoms with Crippen molar-refractivity contribution in [2.45, 2.75) is 18.9 Å². The van der Waals surface area contributed by atoms with Gasteiger partial charge in [0, 0.05) is 16.6 Å². The number of halogens is 3. The van der Waals surface area contributed by atoms with Gasteiger partial charge in [0.1, 0.15) is 0 Å². The second-order valence-electron chi connectivity index (χ2n) is 3.41. The maximum atomic E-state index is 13.4. The van der Waals surface area contributed by atoms with E-state index in [0.717, 1.165) is 25.5 Å². The molecule has 1 aliphatic heterocycles. The molecule has 1 unspecified atom stereocenters. The van der Waals surface area contributed by atoms with Crippen LogP contribution < -0.4 is 5.32 Å². The maximum Gasteiger partial charge on any atom is 0.165 e. The molecule has 1 N–H and O–H groups in total. The minimum Gasteiger partial charge on any atom is -0.310 e. The van der Waals surface area contributed by atoms with E-state index in [-0.39, 0.29) is 11.6 Å². The molecule has 1 nitrogen and oxygen atoms in total. The van der Waals surface area contributed by atoms with Gasteiger partial charge in [-0.3, -0.25) is 0 Å². The van der Waals surface area contributed by atoms with Crippen molar-refractivity contribution >= 4 is 11.6 Å². The van der Waals surface area contributed by atoms with Crippen molar-refractivity contribution in [3.63, 3.8) is 0 Å². The summed E-state index contributed by atoms with van der Waals surface area (Å²) < 4.78 is 26.4. The second-order valence-corrected chi connectivity index (χ2v) is 3.81. The number of hydrogen-bond donors (Lipinski definition) is 1. The fourth-order valence-corrected chi connectivity index (χ4v) is 2.07. The number of benzene rings is 1. The molecule has 1 saturated heterocycles. The van der Waals surface area contributed by atoms with Crippen LogP contribution in [0, 0.1) is 11.6 Å². The fourth-order valence-electron chi connectivity index (χ4n) is 1.79. The van der Waals surface area contributed by atoms with Crippen LogP contribution in [0.3, 0.4) is 0 Å². The van der Waals surface area contributed by atoms with Gasteiger partial charge < -0.3 is 5.32 Å².